The van der Waals surface area contributed by atoms with Gasteiger partial charge in [-0.25, -0.2) is 0 Å². The molecule has 5 heteroatoms. The minimum Gasteiger partial charge on any atom is -0.468 e. The van der Waals surface area contributed by atoms with Crippen molar-refractivity contribution < 1.29 is 19.7 Å². The quantitative estimate of drug-likeness (QED) is 0.489. The number of unbranched alkanes of at least 4 members (excludes halogenated alkanes) is 1. The number of aliphatic hydroxyl groups excluding tert-OH is 2. The van der Waals surface area contributed by atoms with Crippen LogP contribution in [0.2, 0.25) is 0 Å². The fraction of sp³-hybridized carbons (Fsp3) is 0.870. The van der Waals surface area contributed by atoms with Crippen LogP contribution in [0.15, 0.2) is 12.2 Å². The molecule has 3 aliphatic rings. The van der Waals surface area contributed by atoms with E-state index < -0.39 is 12.2 Å². The second kappa shape index (κ2) is 9.73. The normalized spacial score (nSPS) is 37.6. The summed E-state index contributed by atoms with van der Waals surface area (Å²) in [5.74, 6) is 0.832. The van der Waals surface area contributed by atoms with Crippen LogP contribution >= 0.6 is 0 Å². The molecule has 160 valence electrons. The zero-order chi connectivity index (χ0) is 20.3. The average Bonchev–Trinajstić information content (AvgIpc) is 3.18. The van der Waals surface area contributed by atoms with Crippen molar-refractivity contribution in [3.8, 4) is 0 Å². The van der Waals surface area contributed by atoms with Crippen molar-refractivity contribution in [1.29, 1.82) is 0 Å². The number of hydrogen-bond acceptors (Lipinski definition) is 5. The summed E-state index contributed by atoms with van der Waals surface area (Å²) in [6, 6.07) is 0.522. The molecule has 0 aromatic rings. The van der Waals surface area contributed by atoms with E-state index in [1.54, 1.807) is 0 Å². The van der Waals surface area contributed by atoms with Gasteiger partial charge in [-0.15, -0.1) is 0 Å². The Labute approximate surface area is 170 Å². The molecule has 8 atom stereocenters. The Morgan fingerprint density at radius 1 is 1.32 bits per heavy atom. The lowest BCUT2D eigenvalue weighted by Crippen LogP contribution is -2.51. The van der Waals surface area contributed by atoms with Crippen LogP contribution in [0, 0.1) is 17.8 Å². The number of esters is 1. The summed E-state index contributed by atoms with van der Waals surface area (Å²) < 4.78 is 5.05. The predicted molar refractivity (Wildman–Crippen MR) is 110 cm³/mol. The van der Waals surface area contributed by atoms with Gasteiger partial charge in [-0.05, 0) is 50.4 Å². The van der Waals surface area contributed by atoms with Crippen LogP contribution in [0.1, 0.15) is 71.6 Å². The standard InChI is InChI=1S/C23H39NO4/c1-4-5-7-15(2)12-17(25)10-11-18-19-13-16-8-6-9-20(23(27)28-3)24(16)21(19)14-22(18)26/h10-11,15-22,25-26H,4-9,12-14H2,1-3H3/t15-,16?,17-,18+,19+,20?,21+,22+/m0/s1. The molecule has 2 saturated heterocycles. The lowest BCUT2D eigenvalue weighted by Gasteiger charge is -2.39. The maximum Gasteiger partial charge on any atom is 0.323 e. The van der Waals surface area contributed by atoms with Crippen molar-refractivity contribution in [3.05, 3.63) is 12.2 Å². The molecule has 0 aromatic carbocycles. The molecular formula is C23H39NO4. The number of nitrogens with zero attached hydrogens (tertiary/aromatic N) is 1. The van der Waals surface area contributed by atoms with E-state index in [4.69, 9.17) is 4.74 Å². The van der Waals surface area contributed by atoms with Gasteiger partial charge in [0.25, 0.3) is 0 Å². The van der Waals surface area contributed by atoms with Crippen LogP contribution in [0.4, 0.5) is 0 Å². The van der Waals surface area contributed by atoms with Crippen LogP contribution in [0.25, 0.3) is 0 Å². The molecule has 28 heavy (non-hydrogen) atoms. The van der Waals surface area contributed by atoms with E-state index in [-0.39, 0.29) is 24.0 Å². The lowest BCUT2D eigenvalue weighted by atomic mass is 9.88. The van der Waals surface area contributed by atoms with E-state index in [1.807, 2.05) is 6.08 Å². The van der Waals surface area contributed by atoms with E-state index >= 15 is 0 Å². The first kappa shape index (κ1) is 21.8. The first-order valence-electron chi connectivity index (χ1n) is 11.4. The van der Waals surface area contributed by atoms with Crippen LogP contribution in [-0.4, -0.2) is 58.5 Å². The van der Waals surface area contributed by atoms with Gasteiger partial charge < -0.3 is 14.9 Å². The van der Waals surface area contributed by atoms with E-state index in [1.165, 1.54) is 20.0 Å². The Hall–Kier alpha value is -0.910. The van der Waals surface area contributed by atoms with Gasteiger partial charge in [-0.2, -0.15) is 0 Å². The molecule has 0 radical (unpaired) electrons. The van der Waals surface area contributed by atoms with Crippen molar-refractivity contribution in [2.75, 3.05) is 7.11 Å². The molecule has 2 N–H and O–H groups in total. The predicted octanol–water partition coefficient (Wildman–Crippen LogP) is 3.29. The van der Waals surface area contributed by atoms with Gasteiger partial charge in [0.1, 0.15) is 6.04 Å². The highest BCUT2D eigenvalue weighted by Crippen LogP contribution is 2.49. The van der Waals surface area contributed by atoms with Crippen molar-refractivity contribution >= 4 is 5.97 Å². The summed E-state index contributed by atoms with van der Waals surface area (Å²) >= 11 is 0. The van der Waals surface area contributed by atoms with Crippen LogP contribution < -0.4 is 0 Å². The Morgan fingerprint density at radius 3 is 2.82 bits per heavy atom. The maximum absolute atomic E-state index is 12.3. The highest BCUT2D eigenvalue weighted by atomic mass is 16.5. The van der Waals surface area contributed by atoms with Crippen LogP contribution in [0.3, 0.4) is 0 Å². The zero-order valence-corrected chi connectivity index (χ0v) is 17.8. The molecule has 3 fully saturated rings. The van der Waals surface area contributed by atoms with Crippen molar-refractivity contribution in [1.82, 2.24) is 4.90 Å². The first-order valence-corrected chi connectivity index (χ1v) is 11.4. The number of aliphatic hydroxyl groups is 2. The summed E-state index contributed by atoms with van der Waals surface area (Å²) in [5, 5.41) is 21.1. The zero-order valence-electron chi connectivity index (χ0n) is 17.8. The van der Waals surface area contributed by atoms with Gasteiger partial charge in [-0.3, -0.25) is 9.69 Å². The molecule has 1 aliphatic carbocycles. The van der Waals surface area contributed by atoms with Gasteiger partial charge in [0.05, 0.1) is 19.3 Å². The summed E-state index contributed by atoms with van der Waals surface area (Å²) in [4.78, 5) is 14.6. The summed E-state index contributed by atoms with van der Waals surface area (Å²) in [5.41, 5.74) is 0. The average molecular weight is 394 g/mol. The Bertz CT molecular complexity index is 551. The second-order valence-electron chi connectivity index (χ2n) is 9.35. The van der Waals surface area contributed by atoms with Crippen LogP contribution in [-0.2, 0) is 9.53 Å². The third-order valence-electron chi connectivity index (χ3n) is 7.36. The van der Waals surface area contributed by atoms with Crippen molar-refractivity contribution in [3.63, 3.8) is 0 Å². The Kier molecular flexibility index (Phi) is 7.57. The summed E-state index contributed by atoms with van der Waals surface area (Å²) in [6.07, 6.45) is 12.3. The van der Waals surface area contributed by atoms with E-state index in [9.17, 15) is 15.0 Å². The molecule has 0 spiro atoms. The minimum atomic E-state index is -0.440. The van der Waals surface area contributed by atoms with E-state index in [0.29, 0.717) is 24.3 Å². The number of hydrogen-bond donors (Lipinski definition) is 2. The molecule has 0 amide bonds. The summed E-state index contributed by atoms with van der Waals surface area (Å²) in [6.45, 7) is 4.40. The van der Waals surface area contributed by atoms with E-state index in [0.717, 1.165) is 38.5 Å². The van der Waals surface area contributed by atoms with Gasteiger partial charge in [0.2, 0.25) is 0 Å². The molecule has 3 rings (SSSR count). The molecule has 0 bridgehead atoms. The highest BCUT2D eigenvalue weighted by molar-refractivity contribution is 5.76. The smallest absolute Gasteiger partial charge is 0.323 e. The minimum absolute atomic E-state index is 0.0782. The topological polar surface area (TPSA) is 70.0 Å². The largest absolute Gasteiger partial charge is 0.468 e. The number of piperidine rings is 1. The lowest BCUT2D eigenvalue weighted by molar-refractivity contribution is -0.150. The molecule has 1 saturated carbocycles. The summed E-state index contributed by atoms with van der Waals surface area (Å²) in [7, 11) is 1.47. The number of ether oxygens (including phenoxy) is 1. The van der Waals surface area contributed by atoms with Gasteiger partial charge in [-0.1, -0.05) is 45.3 Å². The van der Waals surface area contributed by atoms with Crippen molar-refractivity contribution in [2.45, 2.75) is 102 Å². The third kappa shape index (κ3) is 4.63. The Balaban J connectivity index is 1.63. The molecule has 2 unspecified atom stereocenters. The molecule has 0 aromatic heterocycles. The van der Waals surface area contributed by atoms with Crippen LogP contribution in [0.5, 0.6) is 0 Å². The fourth-order valence-corrected chi connectivity index (χ4v) is 6.00. The SMILES string of the molecule is CCCC[C@H](C)C[C@@H](O)C=C[C@@H]1[C@H]2CC3CCCC(C(=O)OC)N3[C@@H]2C[C@H]1O. The molecular weight excluding hydrogens is 354 g/mol. The second-order valence-corrected chi connectivity index (χ2v) is 9.35. The third-order valence-corrected chi connectivity index (χ3v) is 7.36. The van der Waals surface area contributed by atoms with Crippen molar-refractivity contribution in [2.24, 2.45) is 17.8 Å². The van der Waals surface area contributed by atoms with Gasteiger partial charge in [0.15, 0.2) is 0 Å². The number of methoxy groups -OCH3 is 1. The Morgan fingerprint density at radius 2 is 2.11 bits per heavy atom. The van der Waals surface area contributed by atoms with Gasteiger partial charge in [0, 0.05) is 18.0 Å². The molecule has 2 aliphatic heterocycles. The fourth-order valence-electron chi connectivity index (χ4n) is 6.00. The van der Waals surface area contributed by atoms with Gasteiger partial charge >= 0.3 is 5.97 Å². The number of carbonyl (C=O) groups is 1. The molecule has 2 heterocycles. The number of fused-ring (bicyclic) bond motifs is 3. The number of carbonyl (C=O) groups excluding carboxylic acids is 1. The molecule has 5 nitrogen and oxygen atoms in total. The highest BCUT2D eigenvalue weighted by Gasteiger charge is 2.55. The first-order chi connectivity index (χ1) is 13.5. The van der Waals surface area contributed by atoms with E-state index in [2.05, 4.69) is 24.8 Å². The number of rotatable bonds is 8. The monoisotopic (exact) mass is 393 g/mol. The maximum atomic E-state index is 12.3.